The Bertz CT molecular complexity index is 520. The van der Waals surface area contributed by atoms with Crippen molar-refractivity contribution in [2.75, 3.05) is 11.4 Å². The zero-order valence-corrected chi connectivity index (χ0v) is 13.7. The van der Waals surface area contributed by atoms with Crippen molar-refractivity contribution in [1.29, 1.82) is 0 Å². The molecule has 22 heavy (non-hydrogen) atoms. The molecule has 120 valence electrons. The Morgan fingerprint density at radius 2 is 1.77 bits per heavy atom. The average molecular weight is 303 g/mol. The number of amides is 3. The quantitative estimate of drug-likeness (QED) is 0.929. The highest BCUT2D eigenvalue weighted by molar-refractivity contribution is 5.96. The van der Waals surface area contributed by atoms with E-state index in [0.29, 0.717) is 13.0 Å². The van der Waals surface area contributed by atoms with E-state index in [1.54, 1.807) is 9.80 Å². The maximum atomic E-state index is 12.4. The van der Waals surface area contributed by atoms with E-state index in [1.807, 2.05) is 58.0 Å². The normalized spacial score (nSPS) is 18.2. The number of carbonyl (C=O) groups is 2. The van der Waals surface area contributed by atoms with Crippen molar-refractivity contribution < 1.29 is 9.59 Å². The van der Waals surface area contributed by atoms with E-state index >= 15 is 0 Å². The molecule has 5 nitrogen and oxygen atoms in total. The van der Waals surface area contributed by atoms with E-state index in [-0.39, 0.29) is 30.1 Å². The van der Waals surface area contributed by atoms with Gasteiger partial charge in [-0.1, -0.05) is 18.2 Å². The smallest absolute Gasteiger partial charge is 0.318 e. The Morgan fingerprint density at radius 1 is 1.18 bits per heavy atom. The second-order valence-corrected chi connectivity index (χ2v) is 6.29. The molecule has 1 aromatic rings. The van der Waals surface area contributed by atoms with Crippen LogP contribution in [0.25, 0.3) is 0 Å². The lowest BCUT2D eigenvalue weighted by molar-refractivity contribution is -0.117. The largest absolute Gasteiger partial charge is 0.333 e. The van der Waals surface area contributed by atoms with Gasteiger partial charge in [-0.2, -0.15) is 0 Å². The fourth-order valence-electron chi connectivity index (χ4n) is 2.98. The molecule has 0 aromatic heterocycles. The fourth-order valence-corrected chi connectivity index (χ4v) is 2.98. The lowest BCUT2D eigenvalue weighted by Crippen LogP contribution is -2.51. The number of carbonyl (C=O) groups excluding carboxylic acids is 2. The van der Waals surface area contributed by atoms with Crippen molar-refractivity contribution in [3.63, 3.8) is 0 Å². The van der Waals surface area contributed by atoms with Gasteiger partial charge in [0.15, 0.2) is 0 Å². The van der Waals surface area contributed by atoms with Crippen molar-refractivity contribution in [2.24, 2.45) is 0 Å². The van der Waals surface area contributed by atoms with Crippen LogP contribution in [0, 0.1) is 0 Å². The summed E-state index contributed by atoms with van der Waals surface area (Å²) in [4.78, 5) is 28.1. The van der Waals surface area contributed by atoms with Crippen LogP contribution in [0.1, 0.15) is 34.1 Å². The third-order valence-electron chi connectivity index (χ3n) is 3.87. The standard InChI is InChI=1S/C17H25N3O2/c1-12(2)20(13(3)4)17(22)18-14-10-16(21)19(11-14)15-8-6-5-7-9-15/h5-9,12-14H,10-11H2,1-4H3,(H,18,22)/t14-/m0/s1. The maximum absolute atomic E-state index is 12.4. The highest BCUT2D eigenvalue weighted by Gasteiger charge is 2.33. The summed E-state index contributed by atoms with van der Waals surface area (Å²) in [5, 5.41) is 3.00. The van der Waals surface area contributed by atoms with Crippen LogP contribution in [0.3, 0.4) is 0 Å². The summed E-state index contributed by atoms with van der Waals surface area (Å²) in [6.07, 6.45) is 0.352. The summed E-state index contributed by atoms with van der Waals surface area (Å²) < 4.78 is 0. The summed E-state index contributed by atoms with van der Waals surface area (Å²) in [7, 11) is 0. The Morgan fingerprint density at radius 3 is 2.32 bits per heavy atom. The van der Waals surface area contributed by atoms with Gasteiger partial charge in [0.1, 0.15) is 0 Å². The van der Waals surface area contributed by atoms with Crippen LogP contribution in [-0.2, 0) is 4.79 Å². The van der Waals surface area contributed by atoms with Gasteiger partial charge in [0.05, 0.1) is 6.04 Å². The molecule has 1 atom stereocenters. The molecule has 1 saturated heterocycles. The van der Waals surface area contributed by atoms with Gasteiger partial charge in [-0.15, -0.1) is 0 Å². The topological polar surface area (TPSA) is 52.7 Å². The van der Waals surface area contributed by atoms with Crippen LogP contribution >= 0.6 is 0 Å². The number of urea groups is 1. The van der Waals surface area contributed by atoms with Gasteiger partial charge in [-0.25, -0.2) is 4.79 Å². The van der Waals surface area contributed by atoms with Gasteiger partial charge in [0, 0.05) is 30.7 Å². The molecule has 2 rings (SSSR count). The number of hydrogen-bond acceptors (Lipinski definition) is 2. The predicted molar refractivity (Wildman–Crippen MR) is 87.8 cm³/mol. The van der Waals surface area contributed by atoms with Crippen molar-refractivity contribution >= 4 is 17.6 Å². The number of para-hydroxylation sites is 1. The Hall–Kier alpha value is -2.04. The van der Waals surface area contributed by atoms with Crippen molar-refractivity contribution in [3.8, 4) is 0 Å². The molecule has 1 aromatic carbocycles. The SMILES string of the molecule is CC(C)N(C(=O)N[C@H]1CC(=O)N(c2ccccc2)C1)C(C)C. The summed E-state index contributed by atoms with van der Waals surface area (Å²) in [5.74, 6) is 0.0529. The number of anilines is 1. The molecule has 0 aliphatic carbocycles. The van der Waals surface area contributed by atoms with E-state index in [0.717, 1.165) is 5.69 Å². The highest BCUT2D eigenvalue weighted by Crippen LogP contribution is 2.21. The number of hydrogen-bond donors (Lipinski definition) is 1. The summed E-state index contributed by atoms with van der Waals surface area (Å²) in [6, 6.07) is 9.59. The lowest BCUT2D eigenvalue weighted by Gasteiger charge is -2.32. The van der Waals surface area contributed by atoms with Gasteiger partial charge in [0.25, 0.3) is 0 Å². The molecular formula is C17H25N3O2. The van der Waals surface area contributed by atoms with Gasteiger partial charge < -0.3 is 15.1 Å². The van der Waals surface area contributed by atoms with Gasteiger partial charge in [-0.3, -0.25) is 4.79 Å². The minimum Gasteiger partial charge on any atom is -0.333 e. The van der Waals surface area contributed by atoms with Gasteiger partial charge in [0.2, 0.25) is 5.91 Å². The summed E-state index contributed by atoms with van der Waals surface area (Å²) >= 11 is 0. The summed E-state index contributed by atoms with van der Waals surface area (Å²) in [5.41, 5.74) is 0.883. The Labute approximate surface area is 132 Å². The van der Waals surface area contributed by atoms with Crippen LogP contribution in [0.15, 0.2) is 30.3 Å². The summed E-state index contributed by atoms with van der Waals surface area (Å²) in [6.45, 7) is 8.51. The molecule has 0 radical (unpaired) electrons. The van der Waals surface area contributed by atoms with Gasteiger partial charge in [-0.05, 0) is 39.8 Å². The molecule has 0 saturated carbocycles. The first-order chi connectivity index (χ1) is 10.4. The molecule has 1 heterocycles. The van der Waals surface area contributed by atoms with E-state index in [2.05, 4.69) is 5.32 Å². The van der Waals surface area contributed by atoms with Crippen LogP contribution < -0.4 is 10.2 Å². The number of rotatable bonds is 4. The Kier molecular flexibility index (Phi) is 5.06. The zero-order valence-electron chi connectivity index (χ0n) is 13.7. The molecule has 0 unspecified atom stereocenters. The third kappa shape index (κ3) is 3.59. The lowest BCUT2D eigenvalue weighted by atomic mass is 10.2. The van der Waals surface area contributed by atoms with Crippen LogP contribution in [0.2, 0.25) is 0 Å². The van der Waals surface area contributed by atoms with Crippen LogP contribution in [0.5, 0.6) is 0 Å². The molecule has 1 fully saturated rings. The first-order valence-electron chi connectivity index (χ1n) is 7.84. The first-order valence-corrected chi connectivity index (χ1v) is 7.84. The number of nitrogens with zero attached hydrogens (tertiary/aromatic N) is 2. The van der Waals surface area contributed by atoms with Gasteiger partial charge >= 0.3 is 6.03 Å². The number of nitrogens with one attached hydrogen (secondary N) is 1. The molecule has 1 N–H and O–H groups in total. The molecule has 1 aliphatic rings. The van der Waals surface area contributed by atoms with E-state index in [1.165, 1.54) is 0 Å². The average Bonchev–Trinajstić information content (AvgIpc) is 2.79. The van der Waals surface area contributed by atoms with Crippen LogP contribution in [-0.4, -0.2) is 41.5 Å². The maximum Gasteiger partial charge on any atom is 0.318 e. The van der Waals surface area contributed by atoms with Crippen molar-refractivity contribution in [1.82, 2.24) is 10.2 Å². The molecule has 0 bridgehead atoms. The second kappa shape index (κ2) is 6.81. The molecule has 5 heteroatoms. The van der Waals surface area contributed by atoms with E-state index < -0.39 is 0 Å². The molecular weight excluding hydrogens is 278 g/mol. The van der Waals surface area contributed by atoms with Crippen molar-refractivity contribution in [2.45, 2.75) is 52.2 Å². The second-order valence-electron chi connectivity index (χ2n) is 6.29. The first kappa shape index (κ1) is 16.3. The third-order valence-corrected chi connectivity index (χ3v) is 3.87. The molecule has 3 amide bonds. The Balaban J connectivity index is 2.01. The predicted octanol–water partition coefficient (Wildman–Crippen LogP) is 2.62. The van der Waals surface area contributed by atoms with E-state index in [9.17, 15) is 9.59 Å². The molecule has 0 spiro atoms. The highest BCUT2D eigenvalue weighted by atomic mass is 16.2. The fraction of sp³-hybridized carbons (Fsp3) is 0.529. The minimum atomic E-state index is -0.139. The zero-order chi connectivity index (χ0) is 16.3. The number of benzene rings is 1. The van der Waals surface area contributed by atoms with Crippen LogP contribution in [0.4, 0.5) is 10.5 Å². The van der Waals surface area contributed by atoms with E-state index in [4.69, 9.17) is 0 Å². The minimum absolute atomic E-state index is 0.0529. The monoisotopic (exact) mass is 303 g/mol. The molecule has 1 aliphatic heterocycles. The van der Waals surface area contributed by atoms with Crippen molar-refractivity contribution in [3.05, 3.63) is 30.3 Å².